The van der Waals surface area contributed by atoms with Crippen LogP contribution in [-0.4, -0.2) is 44.2 Å². The molecule has 0 bridgehead atoms. The van der Waals surface area contributed by atoms with Gasteiger partial charge in [-0.15, -0.1) is 0 Å². The van der Waals surface area contributed by atoms with Gasteiger partial charge in [-0.2, -0.15) is 0 Å². The van der Waals surface area contributed by atoms with E-state index in [1.807, 2.05) is 0 Å². The predicted octanol–water partition coefficient (Wildman–Crippen LogP) is 2.39. The molecular weight excluding hydrogens is 224 g/mol. The molecule has 0 N–H and O–H groups in total. The number of ether oxygens (including phenoxy) is 1. The Morgan fingerprint density at radius 2 is 1.76 bits per heavy atom. The normalized spacial score (nSPS) is 38.3. The number of hydrogen-bond donors (Lipinski definition) is 0. The topological polar surface area (TPSA) is 12.5 Å². The smallest absolute Gasteiger partial charge is 0.248 e. The van der Waals surface area contributed by atoms with Gasteiger partial charge in [0.15, 0.2) is 0 Å². The lowest BCUT2D eigenvalue weighted by Crippen LogP contribution is -2.32. The average Bonchev–Trinajstić information content (AvgIpc) is 2.76. The van der Waals surface area contributed by atoms with Gasteiger partial charge in [-0.3, -0.25) is 0 Å². The van der Waals surface area contributed by atoms with Crippen molar-refractivity contribution in [2.24, 2.45) is 17.3 Å². The fourth-order valence-electron chi connectivity index (χ4n) is 3.78. The first-order chi connectivity index (χ1) is 8.02. The van der Waals surface area contributed by atoms with Crippen LogP contribution in [0.4, 0.5) is 8.78 Å². The third kappa shape index (κ3) is 2.34. The number of halogens is 2. The van der Waals surface area contributed by atoms with Crippen molar-refractivity contribution in [1.82, 2.24) is 4.90 Å². The van der Waals surface area contributed by atoms with Crippen molar-refractivity contribution in [3.8, 4) is 0 Å². The second-order valence-corrected chi connectivity index (χ2v) is 6.41. The van der Waals surface area contributed by atoms with Crippen molar-refractivity contribution >= 4 is 0 Å². The van der Waals surface area contributed by atoms with Crippen molar-refractivity contribution in [3.05, 3.63) is 0 Å². The maximum Gasteiger partial charge on any atom is 0.248 e. The SMILES string of the molecule is COCC1(CN2CC3CC(F)(F)CC3C2)CC1. The number of rotatable bonds is 4. The largest absolute Gasteiger partial charge is 0.384 e. The third-order valence-electron chi connectivity index (χ3n) is 4.74. The van der Waals surface area contributed by atoms with Gasteiger partial charge >= 0.3 is 0 Å². The minimum Gasteiger partial charge on any atom is -0.384 e. The summed E-state index contributed by atoms with van der Waals surface area (Å²) in [6.07, 6.45) is 2.71. The third-order valence-corrected chi connectivity index (χ3v) is 4.74. The fourth-order valence-corrected chi connectivity index (χ4v) is 3.78. The molecule has 0 aromatic rings. The molecule has 2 aliphatic carbocycles. The number of likely N-dealkylation sites (tertiary alicyclic amines) is 1. The summed E-state index contributed by atoms with van der Waals surface area (Å²) in [5.74, 6) is -1.91. The Labute approximate surface area is 101 Å². The van der Waals surface area contributed by atoms with Crippen molar-refractivity contribution in [3.63, 3.8) is 0 Å². The maximum absolute atomic E-state index is 13.2. The molecule has 3 rings (SSSR count). The molecule has 2 saturated carbocycles. The summed E-state index contributed by atoms with van der Waals surface area (Å²) in [4.78, 5) is 2.40. The zero-order valence-corrected chi connectivity index (χ0v) is 10.4. The summed E-state index contributed by atoms with van der Waals surface area (Å²) in [6.45, 7) is 3.64. The van der Waals surface area contributed by atoms with Crippen LogP contribution in [0.25, 0.3) is 0 Å². The minimum absolute atomic E-state index is 0.117. The van der Waals surface area contributed by atoms with E-state index >= 15 is 0 Å². The van der Waals surface area contributed by atoms with E-state index in [2.05, 4.69) is 4.90 Å². The Bertz CT molecular complexity index is 288. The molecule has 3 aliphatic rings. The van der Waals surface area contributed by atoms with Crippen LogP contribution in [0, 0.1) is 17.3 Å². The predicted molar refractivity (Wildman–Crippen MR) is 61.1 cm³/mol. The molecule has 0 aromatic carbocycles. The summed E-state index contributed by atoms with van der Waals surface area (Å²) in [5, 5.41) is 0. The standard InChI is InChI=1S/C13H21F2NO/c1-17-9-12(2-3-12)8-16-6-10-4-13(14,15)5-11(10)7-16/h10-11H,2-9H2,1H3. The highest BCUT2D eigenvalue weighted by Gasteiger charge is 2.52. The first-order valence-corrected chi connectivity index (χ1v) is 6.61. The number of hydrogen-bond acceptors (Lipinski definition) is 2. The van der Waals surface area contributed by atoms with Crippen LogP contribution in [0.5, 0.6) is 0 Å². The fraction of sp³-hybridized carbons (Fsp3) is 1.00. The number of methoxy groups -OCH3 is 1. The lowest BCUT2D eigenvalue weighted by molar-refractivity contribution is -0.00371. The van der Waals surface area contributed by atoms with Crippen molar-refractivity contribution in [2.75, 3.05) is 33.4 Å². The molecule has 0 spiro atoms. The van der Waals surface area contributed by atoms with Gasteiger partial charge in [0.1, 0.15) is 0 Å². The van der Waals surface area contributed by atoms with Gasteiger partial charge in [-0.25, -0.2) is 8.78 Å². The lowest BCUT2D eigenvalue weighted by atomic mass is 10.0. The van der Waals surface area contributed by atoms with Crippen LogP contribution in [0.1, 0.15) is 25.7 Å². The lowest BCUT2D eigenvalue weighted by Gasteiger charge is -2.24. The quantitative estimate of drug-likeness (QED) is 0.754. The van der Waals surface area contributed by atoms with Gasteiger partial charge in [0.05, 0.1) is 6.61 Å². The van der Waals surface area contributed by atoms with Gasteiger partial charge in [-0.1, -0.05) is 0 Å². The molecule has 17 heavy (non-hydrogen) atoms. The van der Waals surface area contributed by atoms with E-state index in [0.29, 0.717) is 5.41 Å². The highest BCUT2D eigenvalue weighted by Crippen LogP contribution is 2.50. The summed E-state index contributed by atoms with van der Waals surface area (Å²) in [7, 11) is 1.75. The van der Waals surface area contributed by atoms with Gasteiger partial charge in [0, 0.05) is 45.0 Å². The highest BCUT2D eigenvalue weighted by molar-refractivity contribution is 5.01. The van der Waals surface area contributed by atoms with Crippen LogP contribution in [0.2, 0.25) is 0 Å². The number of fused-ring (bicyclic) bond motifs is 1. The van der Waals surface area contributed by atoms with Crippen LogP contribution in [-0.2, 0) is 4.74 Å². The maximum atomic E-state index is 13.2. The van der Waals surface area contributed by atoms with Gasteiger partial charge in [0.25, 0.3) is 0 Å². The van der Waals surface area contributed by atoms with E-state index in [-0.39, 0.29) is 24.7 Å². The average molecular weight is 245 g/mol. The Balaban J connectivity index is 1.53. The summed E-state index contributed by atoms with van der Waals surface area (Å²) < 4.78 is 31.7. The second kappa shape index (κ2) is 3.89. The van der Waals surface area contributed by atoms with Crippen LogP contribution >= 0.6 is 0 Å². The highest BCUT2D eigenvalue weighted by atomic mass is 19.3. The second-order valence-electron chi connectivity index (χ2n) is 6.41. The minimum atomic E-state index is -2.38. The van der Waals surface area contributed by atoms with Crippen LogP contribution in [0.15, 0.2) is 0 Å². The van der Waals surface area contributed by atoms with Gasteiger partial charge in [-0.05, 0) is 24.7 Å². The van der Waals surface area contributed by atoms with E-state index < -0.39 is 5.92 Å². The van der Waals surface area contributed by atoms with Crippen molar-refractivity contribution in [1.29, 1.82) is 0 Å². The molecule has 1 heterocycles. The van der Waals surface area contributed by atoms with Crippen LogP contribution < -0.4 is 0 Å². The summed E-state index contributed by atoms with van der Waals surface area (Å²) in [6, 6.07) is 0. The van der Waals surface area contributed by atoms with Crippen LogP contribution in [0.3, 0.4) is 0 Å². The van der Waals surface area contributed by atoms with E-state index in [9.17, 15) is 8.78 Å². The Morgan fingerprint density at radius 3 is 2.24 bits per heavy atom. The Hall–Kier alpha value is -0.220. The Morgan fingerprint density at radius 1 is 1.18 bits per heavy atom. The zero-order valence-electron chi connectivity index (χ0n) is 10.4. The molecule has 0 aromatic heterocycles. The number of nitrogens with zero attached hydrogens (tertiary/aromatic N) is 1. The molecule has 98 valence electrons. The van der Waals surface area contributed by atoms with Gasteiger partial charge in [0.2, 0.25) is 5.92 Å². The molecule has 1 aliphatic heterocycles. The van der Waals surface area contributed by atoms with Crippen molar-refractivity contribution < 1.29 is 13.5 Å². The molecule has 2 nitrogen and oxygen atoms in total. The van der Waals surface area contributed by atoms with E-state index in [1.54, 1.807) is 7.11 Å². The molecule has 2 atom stereocenters. The summed E-state index contributed by atoms with van der Waals surface area (Å²) in [5.41, 5.74) is 0.357. The van der Waals surface area contributed by atoms with E-state index in [0.717, 1.165) is 26.2 Å². The number of alkyl halides is 2. The monoisotopic (exact) mass is 245 g/mol. The van der Waals surface area contributed by atoms with E-state index in [4.69, 9.17) is 4.74 Å². The first-order valence-electron chi connectivity index (χ1n) is 6.61. The van der Waals surface area contributed by atoms with Crippen molar-refractivity contribution in [2.45, 2.75) is 31.6 Å². The first kappa shape index (κ1) is 11.8. The molecule has 3 fully saturated rings. The molecule has 0 amide bonds. The Kier molecular flexibility index (Phi) is 2.71. The molecule has 1 saturated heterocycles. The molecule has 0 radical (unpaired) electrons. The molecule has 2 unspecified atom stereocenters. The van der Waals surface area contributed by atoms with E-state index in [1.165, 1.54) is 12.8 Å². The zero-order chi connectivity index (χ0) is 12.1. The summed E-state index contributed by atoms with van der Waals surface area (Å²) >= 11 is 0. The van der Waals surface area contributed by atoms with Gasteiger partial charge < -0.3 is 9.64 Å². The molecular formula is C13H21F2NO. The molecule has 4 heteroatoms.